The summed E-state index contributed by atoms with van der Waals surface area (Å²) in [5.41, 5.74) is 7.38. The zero-order valence-electron chi connectivity index (χ0n) is 16.2. The molecular weight excluding hydrogens is 370 g/mol. The van der Waals surface area contributed by atoms with E-state index in [-0.39, 0.29) is 24.5 Å². The van der Waals surface area contributed by atoms with Gasteiger partial charge in [0.2, 0.25) is 5.91 Å². The van der Waals surface area contributed by atoms with E-state index in [1.807, 2.05) is 42.0 Å². The number of aromatic nitrogens is 3. The van der Waals surface area contributed by atoms with Crippen LogP contribution in [0.25, 0.3) is 10.9 Å². The summed E-state index contributed by atoms with van der Waals surface area (Å²) in [6.07, 6.45) is 6.47. The van der Waals surface area contributed by atoms with Gasteiger partial charge in [-0.05, 0) is 25.1 Å². The van der Waals surface area contributed by atoms with E-state index in [0.29, 0.717) is 18.8 Å². The molecule has 0 bridgehead atoms. The molecule has 150 valence electrons. The van der Waals surface area contributed by atoms with Gasteiger partial charge in [0.05, 0.1) is 17.4 Å². The third-order valence-corrected chi connectivity index (χ3v) is 5.12. The summed E-state index contributed by atoms with van der Waals surface area (Å²) in [5.74, 6) is 0.297. The number of carbonyl (C=O) groups excluding carboxylic acids is 2. The van der Waals surface area contributed by atoms with E-state index >= 15 is 0 Å². The van der Waals surface area contributed by atoms with E-state index in [0.717, 1.165) is 35.2 Å². The number of piperidine rings is 1. The second kappa shape index (κ2) is 7.90. The van der Waals surface area contributed by atoms with Gasteiger partial charge >= 0.3 is 0 Å². The van der Waals surface area contributed by atoms with Gasteiger partial charge < -0.3 is 19.9 Å². The molecule has 0 unspecified atom stereocenters. The van der Waals surface area contributed by atoms with Crippen molar-refractivity contribution in [2.45, 2.75) is 32.4 Å². The van der Waals surface area contributed by atoms with Gasteiger partial charge in [0.15, 0.2) is 0 Å². The molecule has 3 heterocycles. The molecule has 0 radical (unpaired) electrons. The van der Waals surface area contributed by atoms with Crippen LogP contribution in [0.15, 0.2) is 42.9 Å². The SMILES string of the molecule is Cc1cnc(C(=O)N2CCC(Oc3cccc4c3ccn4CC(N)=O)CC2)cn1. The van der Waals surface area contributed by atoms with Crippen LogP contribution in [-0.2, 0) is 11.3 Å². The third kappa shape index (κ3) is 4.06. The number of hydrogen-bond acceptors (Lipinski definition) is 5. The van der Waals surface area contributed by atoms with Crippen molar-refractivity contribution in [1.29, 1.82) is 0 Å². The van der Waals surface area contributed by atoms with Crippen molar-refractivity contribution in [1.82, 2.24) is 19.4 Å². The predicted octanol–water partition coefficient (Wildman–Crippen LogP) is 1.91. The molecule has 1 aliphatic heterocycles. The molecule has 4 rings (SSSR count). The molecule has 2 aromatic heterocycles. The predicted molar refractivity (Wildman–Crippen MR) is 107 cm³/mol. The summed E-state index contributed by atoms with van der Waals surface area (Å²) in [5, 5.41) is 0.946. The van der Waals surface area contributed by atoms with Gasteiger partial charge in [0.25, 0.3) is 5.91 Å². The number of hydrogen-bond donors (Lipinski definition) is 1. The van der Waals surface area contributed by atoms with Crippen molar-refractivity contribution >= 4 is 22.7 Å². The number of nitrogens with zero attached hydrogens (tertiary/aromatic N) is 4. The first-order valence-electron chi connectivity index (χ1n) is 9.62. The summed E-state index contributed by atoms with van der Waals surface area (Å²) in [7, 11) is 0. The van der Waals surface area contributed by atoms with Crippen molar-refractivity contribution in [3.8, 4) is 5.75 Å². The van der Waals surface area contributed by atoms with E-state index in [4.69, 9.17) is 10.5 Å². The zero-order valence-corrected chi connectivity index (χ0v) is 16.2. The molecule has 8 nitrogen and oxygen atoms in total. The Morgan fingerprint density at radius 2 is 1.97 bits per heavy atom. The average molecular weight is 393 g/mol. The van der Waals surface area contributed by atoms with Gasteiger partial charge in [0.1, 0.15) is 24.1 Å². The van der Waals surface area contributed by atoms with Crippen molar-refractivity contribution in [3.63, 3.8) is 0 Å². The number of nitrogens with two attached hydrogens (primary N) is 1. The van der Waals surface area contributed by atoms with Gasteiger partial charge in [-0.3, -0.25) is 14.6 Å². The maximum Gasteiger partial charge on any atom is 0.274 e. The normalized spacial score (nSPS) is 14.9. The molecule has 2 N–H and O–H groups in total. The Morgan fingerprint density at radius 3 is 2.66 bits per heavy atom. The summed E-state index contributed by atoms with van der Waals surface area (Å²) < 4.78 is 8.05. The monoisotopic (exact) mass is 393 g/mol. The number of amides is 2. The number of primary amides is 1. The highest BCUT2D eigenvalue weighted by Gasteiger charge is 2.26. The summed E-state index contributed by atoms with van der Waals surface area (Å²) in [6, 6.07) is 7.71. The van der Waals surface area contributed by atoms with Crippen LogP contribution < -0.4 is 10.5 Å². The quantitative estimate of drug-likeness (QED) is 0.713. The molecule has 1 aromatic carbocycles. The molecule has 0 saturated carbocycles. The fraction of sp³-hybridized carbons (Fsp3) is 0.333. The van der Waals surface area contributed by atoms with Crippen molar-refractivity contribution < 1.29 is 14.3 Å². The van der Waals surface area contributed by atoms with Crippen molar-refractivity contribution in [2.75, 3.05) is 13.1 Å². The summed E-state index contributed by atoms with van der Waals surface area (Å²) in [6.45, 7) is 3.19. The largest absolute Gasteiger partial charge is 0.490 e. The molecule has 2 amide bonds. The van der Waals surface area contributed by atoms with E-state index in [2.05, 4.69) is 9.97 Å². The Labute approximate surface area is 168 Å². The molecule has 1 saturated heterocycles. The average Bonchev–Trinajstić information content (AvgIpc) is 3.12. The van der Waals surface area contributed by atoms with Crippen LogP contribution >= 0.6 is 0 Å². The molecule has 29 heavy (non-hydrogen) atoms. The lowest BCUT2D eigenvalue weighted by molar-refractivity contribution is -0.118. The number of carbonyl (C=O) groups is 2. The first kappa shape index (κ1) is 18.9. The Morgan fingerprint density at radius 1 is 1.17 bits per heavy atom. The fourth-order valence-electron chi connectivity index (χ4n) is 3.63. The molecule has 1 fully saturated rings. The van der Waals surface area contributed by atoms with Crippen molar-refractivity contribution in [2.24, 2.45) is 5.73 Å². The minimum Gasteiger partial charge on any atom is -0.490 e. The van der Waals surface area contributed by atoms with Gasteiger partial charge in [0, 0.05) is 43.7 Å². The van der Waals surface area contributed by atoms with Crippen LogP contribution in [0.5, 0.6) is 5.75 Å². The topological polar surface area (TPSA) is 103 Å². The Bertz CT molecular complexity index is 1040. The minimum absolute atomic E-state index is 0.0215. The first-order chi connectivity index (χ1) is 14.0. The van der Waals surface area contributed by atoms with E-state index in [1.54, 1.807) is 11.1 Å². The summed E-state index contributed by atoms with van der Waals surface area (Å²) >= 11 is 0. The number of rotatable bonds is 5. The molecule has 8 heteroatoms. The number of aryl methyl sites for hydroxylation is 1. The van der Waals surface area contributed by atoms with Gasteiger partial charge in [-0.2, -0.15) is 0 Å². The number of likely N-dealkylation sites (tertiary alicyclic amines) is 1. The lowest BCUT2D eigenvalue weighted by Crippen LogP contribution is -2.42. The van der Waals surface area contributed by atoms with E-state index in [9.17, 15) is 9.59 Å². The third-order valence-electron chi connectivity index (χ3n) is 5.12. The van der Waals surface area contributed by atoms with Crippen molar-refractivity contribution in [3.05, 3.63) is 54.2 Å². The maximum absolute atomic E-state index is 12.6. The molecule has 3 aromatic rings. The standard InChI is InChI=1S/C21H23N5O3/c1-14-11-24-17(12-23-14)21(28)25-8-5-15(6-9-25)29-19-4-2-3-18-16(19)7-10-26(18)13-20(22)27/h2-4,7,10-12,15H,5-6,8-9,13H2,1H3,(H2,22,27). The Hall–Kier alpha value is -3.42. The smallest absolute Gasteiger partial charge is 0.274 e. The van der Waals surface area contributed by atoms with Crippen LogP contribution in [0, 0.1) is 6.92 Å². The molecule has 1 aliphatic rings. The number of benzene rings is 1. The highest BCUT2D eigenvalue weighted by Crippen LogP contribution is 2.29. The molecule has 0 aliphatic carbocycles. The van der Waals surface area contributed by atoms with Crippen LogP contribution in [0.1, 0.15) is 29.0 Å². The maximum atomic E-state index is 12.6. The number of fused-ring (bicyclic) bond motifs is 1. The zero-order chi connectivity index (χ0) is 20.4. The molecule has 0 atom stereocenters. The Kier molecular flexibility index (Phi) is 5.16. The second-order valence-electron chi connectivity index (χ2n) is 7.25. The van der Waals surface area contributed by atoms with Crippen LogP contribution in [0.2, 0.25) is 0 Å². The summed E-state index contributed by atoms with van der Waals surface area (Å²) in [4.78, 5) is 34.0. The van der Waals surface area contributed by atoms with Gasteiger partial charge in [-0.15, -0.1) is 0 Å². The first-order valence-corrected chi connectivity index (χ1v) is 9.62. The van der Waals surface area contributed by atoms with Gasteiger partial charge in [-0.1, -0.05) is 6.07 Å². The van der Waals surface area contributed by atoms with Crippen LogP contribution in [0.4, 0.5) is 0 Å². The lowest BCUT2D eigenvalue weighted by atomic mass is 10.1. The molecule has 0 spiro atoms. The highest BCUT2D eigenvalue weighted by molar-refractivity contribution is 5.92. The highest BCUT2D eigenvalue weighted by atomic mass is 16.5. The lowest BCUT2D eigenvalue weighted by Gasteiger charge is -2.32. The van der Waals surface area contributed by atoms with E-state index < -0.39 is 0 Å². The van der Waals surface area contributed by atoms with E-state index in [1.165, 1.54) is 6.20 Å². The van der Waals surface area contributed by atoms with Crippen LogP contribution in [-0.4, -0.2) is 50.4 Å². The van der Waals surface area contributed by atoms with Crippen LogP contribution in [0.3, 0.4) is 0 Å². The number of ether oxygens (including phenoxy) is 1. The van der Waals surface area contributed by atoms with Gasteiger partial charge in [-0.25, -0.2) is 4.98 Å². The fourth-order valence-corrected chi connectivity index (χ4v) is 3.63. The Balaban J connectivity index is 1.41. The minimum atomic E-state index is -0.385. The second-order valence-corrected chi connectivity index (χ2v) is 7.25. The molecular formula is C21H23N5O3.